The largest absolute Gasteiger partial charge is 0.314 e. The first-order valence-corrected chi connectivity index (χ1v) is 8.59. The quantitative estimate of drug-likeness (QED) is 0.740. The Hall–Kier alpha value is -0.340. The molecule has 2 unspecified atom stereocenters. The molecule has 2 heteroatoms. The molecule has 1 aliphatic carbocycles. The van der Waals surface area contributed by atoms with Crippen LogP contribution in [0.25, 0.3) is 0 Å². The molecule has 1 heterocycles. The van der Waals surface area contributed by atoms with Gasteiger partial charge in [-0.2, -0.15) is 11.3 Å². The van der Waals surface area contributed by atoms with E-state index >= 15 is 0 Å². The summed E-state index contributed by atoms with van der Waals surface area (Å²) in [5.74, 6) is 0.902. The van der Waals surface area contributed by atoms with Crippen molar-refractivity contribution in [3.63, 3.8) is 0 Å². The lowest BCUT2D eigenvalue weighted by molar-refractivity contribution is 0.317. The predicted molar refractivity (Wildman–Crippen MR) is 81.3 cm³/mol. The third kappa shape index (κ3) is 4.40. The lowest BCUT2D eigenvalue weighted by Crippen LogP contribution is -2.36. The van der Waals surface area contributed by atoms with Gasteiger partial charge in [0.1, 0.15) is 0 Å². The molecule has 0 bridgehead atoms. The van der Waals surface area contributed by atoms with Gasteiger partial charge in [0, 0.05) is 6.04 Å². The Morgan fingerprint density at radius 1 is 1.28 bits per heavy atom. The zero-order valence-corrected chi connectivity index (χ0v) is 12.5. The molecule has 1 N–H and O–H groups in total. The highest BCUT2D eigenvalue weighted by atomic mass is 32.1. The first-order valence-electron chi connectivity index (χ1n) is 7.64. The van der Waals surface area contributed by atoms with Crippen molar-refractivity contribution in [2.45, 2.75) is 64.3 Å². The van der Waals surface area contributed by atoms with Crippen LogP contribution in [-0.2, 0) is 6.42 Å². The number of rotatable bonds is 6. The van der Waals surface area contributed by atoms with Gasteiger partial charge in [0.15, 0.2) is 0 Å². The van der Waals surface area contributed by atoms with Crippen molar-refractivity contribution in [3.8, 4) is 0 Å². The van der Waals surface area contributed by atoms with Gasteiger partial charge in [-0.05, 0) is 67.0 Å². The fourth-order valence-electron chi connectivity index (χ4n) is 3.12. The highest BCUT2D eigenvalue weighted by molar-refractivity contribution is 7.07. The van der Waals surface area contributed by atoms with E-state index < -0.39 is 0 Å². The van der Waals surface area contributed by atoms with Crippen LogP contribution in [0.1, 0.15) is 57.4 Å². The average Bonchev–Trinajstić information content (AvgIpc) is 2.80. The van der Waals surface area contributed by atoms with Gasteiger partial charge in [-0.1, -0.05) is 26.2 Å². The molecule has 1 aromatic rings. The summed E-state index contributed by atoms with van der Waals surface area (Å²) >= 11 is 1.83. The smallest absolute Gasteiger partial charge is 0.00954 e. The Morgan fingerprint density at radius 3 is 2.94 bits per heavy atom. The molecular formula is C16H27NS. The molecule has 1 aromatic heterocycles. The summed E-state index contributed by atoms with van der Waals surface area (Å²) in [6, 6.07) is 3.07. The first kappa shape index (κ1) is 14.1. The van der Waals surface area contributed by atoms with Crippen LogP contribution in [0.15, 0.2) is 16.8 Å². The minimum absolute atomic E-state index is 0.783. The van der Waals surface area contributed by atoms with Crippen molar-refractivity contribution in [1.82, 2.24) is 5.32 Å². The second-order valence-corrected chi connectivity index (χ2v) is 6.41. The van der Waals surface area contributed by atoms with E-state index in [1.54, 1.807) is 5.56 Å². The summed E-state index contributed by atoms with van der Waals surface area (Å²) in [4.78, 5) is 0. The van der Waals surface area contributed by atoms with Gasteiger partial charge in [-0.3, -0.25) is 0 Å². The van der Waals surface area contributed by atoms with Gasteiger partial charge in [-0.25, -0.2) is 0 Å². The van der Waals surface area contributed by atoms with Gasteiger partial charge in [0.05, 0.1) is 0 Å². The molecule has 0 radical (unpaired) electrons. The van der Waals surface area contributed by atoms with Crippen LogP contribution in [-0.4, -0.2) is 12.6 Å². The molecule has 2 rings (SSSR count). The highest BCUT2D eigenvalue weighted by Crippen LogP contribution is 2.27. The van der Waals surface area contributed by atoms with Crippen LogP contribution >= 0.6 is 11.3 Å². The Balaban J connectivity index is 1.84. The summed E-state index contributed by atoms with van der Waals surface area (Å²) in [6.45, 7) is 3.46. The van der Waals surface area contributed by atoms with E-state index in [2.05, 4.69) is 29.1 Å². The monoisotopic (exact) mass is 265 g/mol. The van der Waals surface area contributed by atoms with Crippen molar-refractivity contribution in [2.24, 2.45) is 5.92 Å². The van der Waals surface area contributed by atoms with Crippen LogP contribution in [0.4, 0.5) is 0 Å². The fourth-order valence-corrected chi connectivity index (χ4v) is 3.82. The number of hydrogen-bond donors (Lipinski definition) is 1. The Labute approximate surface area is 116 Å². The third-order valence-corrected chi connectivity index (χ3v) is 4.93. The van der Waals surface area contributed by atoms with Crippen LogP contribution in [0.2, 0.25) is 0 Å². The van der Waals surface area contributed by atoms with Crippen molar-refractivity contribution < 1.29 is 0 Å². The lowest BCUT2D eigenvalue weighted by atomic mass is 9.89. The van der Waals surface area contributed by atoms with Crippen molar-refractivity contribution in [3.05, 3.63) is 22.4 Å². The molecule has 0 spiro atoms. The molecule has 18 heavy (non-hydrogen) atoms. The van der Waals surface area contributed by atoms with E-state index in [1.807, 2.05) is 11.3 Å². The van der Waals surface area contributed by atoms with Gasteiger partial charge in [0.2, 0.25) is 0 Å². The molecule has 0 amide bonds. The SMILES string of the molecule is CCCNC1CCCCCC1CCc1ccsc1. The Kier molecular flexibility index (Phi) is 6.22. The van der Waals surface area contributed by atoms with E-state index in [-0.39, 0.29) is 0 Å². The molecule has 102 valence electrons. The van der Waals surface area contributed by atoms with Crippen LogP contribution < -0.4 is 5.32 Å². The van der Waals surface area contributed by atoms with Gasteiger partial charge < -0.3 is 5.32 Å². The van der Waals surface area contributed by atoms with Crippen molar-refractivity contribution >= 4 is 11.3 Å². The van der Waals surface area contributed by atoms with Crippen LogP contribution in [0.5, 0.6) is 0 Å². The van der Waals surface area contributed by atoms with E-state index in [9.17, 15) is 0 Å². The second-order valence-electron chi connectivity index (χ2n) is 5.63. The van der Waals surface area contributed by atoms with Crippen molar-refractivity contribution in [1.29, 1.82) is 0 Å². The molecule has 0 aromatic carbocycles. The van der Waals surface area contributed by atoms with Gasteiger partial charge in [0.25, 0.3) is 0 Å². The standard InChI is InChI=1S/C16H27NS/c1-2-11-17-16-7-5-3-4-6-15(16)9-8-14-10-12-18-13-14/h10,12-13,15-17H,2-9,11H2,1H3. The fraction of sp³-hybridized carbons (Fsp3) is 0.750. The summed E-state index contributed by atoms with van der Waals surface area (Å²) in [7, 11) is 0. The van der Waals surface area contributed by atoms with Gasteiger partial charge in [-0.15, -0.1) is 0 Å². The Bertz CT molecular complexity index is 307. The number of aryl methyl sites for hydroxylation is 1. The maximum Gasteiger partial charge on any atom is 0.00954 e. The maximum absolute atomic E-state index is 3.79. The number of nitrogens with one attached hydrogen (secondary N) is 1. The summed E-state index contributed by atoms with van der Waals surface area (Å²) in [5, 5.41) is 8.31. The van der Waals surface area contributed by atoms with Crippen LogP contribution in [0.3, 0.4) is 0 Å². The molecule has 1 aliphatic rings. The Morgan fingerprint density at radius 2 is 2.17 bits per heavy atom. The minimum Gasteiger partial charge on any atom is -0.314 e. The zero-order valence-electron chi connectivity index (χ0n) is 11.7. The van der Waals surface area contributed by atoms with Crippen LogP contribution in [0, 0.1) is 5.92 Å². The van der Waals surface area contributed by atoms with Crippen molar-refractivity contribution in [2.75, 3.05) is 6.54 Å². The highest BCUT2D eigenvalue weighted by Gasteiger charge is 2.22. The molecule has 2 atom stereocenters. The lowest BCUT2D eigenvalue weighted by Gasteiger charge is -2.26. The number of hydrogen-bond acceptors (Lipinski definition) is 2. The van der Waals surface area contributed by atoms with E-state index in [1.165, 1.54) is 57.9 Å². The average molecular weight is 265 g/mol. The molecule has 1 saturated carbocycles. The van der Waals surface area contributed by atoms with E-state index in [0.717, 1.165) is 12.0 Å². The molecule has 1 fully saturated rings. The molecule has 0 aliphatic heterocycles. The van der Waals surface area contributed by atoms with Gasteiger partial charge >= 0.3 is 0 Å². The zero-order chi connectivity index (χ0) is 12.6. The molecule has 1 nitrogen and oxygen atoms in total. The topological polar surface area (TPSA) is 12.0 Å². The maximum atomic E-state index is 3.79. The summed E-state index contributed by atoms with van der Waals surface area (Å²) < 4.78 is 0. The molecular weight excluding hydrogens is 238 g/mol. The normalized spacial score (nSPS) is 24.9. The molecule has 0 saturated heterocycles. The summed E-state index contributed by atoms with van der Waals surface area (Å²) in [6.07, 6.45) is 11.1. The first-order chi connectivity index (χ1) is 8.90. The van der Waals surface area contributed by atoms with E-state index in [4.69, 9.17) is 0 Å². The summed E-state index contributed by atoms with van der Waals surface area (Å²) in [5.41, 5.74) is 1.54. The number of thiophene rings is 1. The van der Waals surface area contributed by atoms with E-state index in [0.29, 0.717) is 0 Å². The minimum atomic E-state index is 0.783. The third-order valence-electron chi connectivity index (χ3n) is 4.20. The predicted octanol–water partition coefficient (Wildman–Crippen LogP) is 4.63. The second kappa shape index (κ2) is 7.96.